The number of carbonyl (C=O) groups excluding carboxylic acids is 2. The van der Waals surface area contributed by atoms with E-state index in [1.54, 1.807) is 29.2 Å². The fraction of sp³-hybridized carbons (Fsp3) is 0.556. The number of nitrogens with one attached hydrogen (secondary N) is 1. The summed E-state index contributed by atoms with van der Waals surface area (Å²) in [4.78, 5) is 28.5. The third-order valence-electron chi connectivity index (χ3n) is 4.15. The van der Waals surface area contributed by atoms with E-state index in [0.717, 1.165) is 12.7 Å². The van der Waals surface area contributed by atoms with E-state index in [-0.39, 0.29) is 11.8 Å². The van der Waals surface area contributed by atoms with Crippen molar-refractivity contribution in [1.82, 2.24) is 9.80 Å². The standard InChI is InChI=1S/C18H27N3O4S/c1-14(2)13-17(22)20-9-4-10-21(12-11-20)18(23)15-5-7-16(8-6-15)19-26(3,24)25/h5-8,14,19H,4,9-13H2,1-3H3. The molecule has 0 aliphatic carbocycles. The van der Waals surface area contributed by atoms with Gasteiger partial charge >= 0.3 is 0 Å². The first-order chi connectivity index (χ1) is 12.2. The maximum Gasteiger partial charge on any atom is 0.253 e. The zero-order valence-electron chi connectivity index (χ0n) is 15.6. The Balaban J connectivity index is 1.98. The molecular weight excluding hydrogens is 354 g/mol. The molecule has 0 spiro atoms. The van der Waals surface area contributed by atoms with E-state index in [4.69, 9.17) is 0 Å². The van der Waals surface area contributed by atoms with Crippen LogP contribution in [0.4, 0.5) is 5.69 Å². The van der Waals surface area contributed by atoms with Crippen molar-refractivity contribution < 1.29 is 18.0 Å². The molecular formula is C18H27N3O4S. The molecule has 0 aromatic heterocycles. The van der Waals surface area contributed by atoms with Crippen LogP contribution in [0.2, 0.25) is 0 Å². The molecule has 1 aromatic rings. The second kappa shape index (κ2) is 8.53. The van der Waals surface area contributed by atoms with Gasteiger partial charge in [-0.1, -0.05) is 13.8 Å². The molecule has 0 saturated carbocycles. The van der Waals surface area contributed by atoms with Crippen molar-refractivity contribution in [3.8, 4) is 0 Å². The Kier molecular flexibility index (Phi) is 6.63. The van der Waals surface area contributed by atoms with Gasteiger partial charge in [0.1, 0.15) is 0 Å². The van der Waals surface area contributed by atoms with Crippen LogP contribution in [0.25, 0.3) is 0 Å². The Morgan fingerprint density at radius 1 is 1.04 bits per heavy atom. The fourth-order valence-corrected chi connectivity index (χ4v) is 3.49. The van der Waals surface area contributed by atoms with Gasteiger partial charge in [0, 0.05) is 43.9 Å². The molecule has 1 heterocycles. The van der Waals surface area contributed by atoms with Gasteiger partial charge in [-0.05, 0) is 36.6 Å². The number of nitrogens with zero attached hydrogens (tertiary/aromatic N) is 2. The molecule has 1 aromatic carbocycles. The molecule has 0 atom stereocenters. The molecule has 2 amide bonds. The first kappa shape index (κ1) is 20.2. The summed E-state index contributed by atoms with van der Waals surface area (Å²) in [5.41, 5.74) is 0.927. The largest absolute Gasteiger partial charge is 0.341 e. The smallest absolute Gasteiger partial charge is 0.253 e. The van der Waals surface area contributed by atoms with Crippen LogP contribution in [0.1, 0.15) is 37.0 Å². The van der Waals surface area contributed by atoms with Gasteiger partial charge in [0.2, 0.25) is 15.9 Å². The first-order valence-electron chi connectivity index (χ1n) is 8.80. The Labute approximate surface area is 155 Å². The van der Waals surface area contributed by atoms with Crippen LogP contribution in [0.15, 0.2) is 24.3 Å². The number of rotatable bonds is 5. The summed E-state index contributed by atoms with van der Waals surface area (Å²) in [6.07, 6.45) is 2.36. The topological polar surface area (TPSA) is 86.8 Å². The van der Waals surface area contributed by atoms with Gasteiger partial charge in [-0.15, -0.1) is 0 Å². The highest BCUT2D eigenvalue weighted by molar-refractivity contribution is 7.92. The molecule has 1 saturated heterocycles. The van der Waals surface area contributed by atoms with Gasteiger partial charge in [0.15, 0.2) is 0 Å². The molecule has 1 aliphatic heterocycles. The van der Waals surface area contributed by atoms with Crippen LogP contribution in [-0.2, 0) is 14.8 Å². The van der Waals surface area contributed by atoms with E-state index in [2.05, 4.69) is 4.72 Å². The van der Waals surface area contributed by atoms with E-state index in [9.17, 15) is 18.0 Å². The number of benzene rings is 1. The van der Waals surface area contributed by atoms with E-state index in [0.29, 0.717) is 49.8 Å². The van der Waals surface area contributed by atoms with Gasteiger partial charge in [-0.3, -0.25) is 14.3 Å². The highest BCUT2D eigenvalue weighted by Gasteiger charge is 2.23. The lowest BCUT2D eigenvalue weighted by Gasteiger charge is -2.23. The van der Waals surface area contributed by atoms with Crippen LogP contribution in [0.3, 0.4) is 0 Å². The minimum Gasteiger partial charge on any atom is -0.341 e. The van der Waals surface area contributed by atoms with Crippen molar-refractivity contribution in [2.45, 2.75) is 26.7 Å². The number of anilines is 1. The number of carbonyl (C=O) groups is 2. The summed E-state index contributed by atoms with van der Waals surface area (Å²) in [5.74, 6) is 0.363. The van der Waals surface area contributed by atoms with Crippen molar-refractivity contribution in [2.75, 3.05) is 37.2 Å². The number of amides is 2. The Morgan fingerprint density at radius 3 is 2.19 bits per heavy atom. The molecule has 8 heteroatoms. The summed E-state index contributed by atoms with van der Waals surface area (Å²) >= 11 is 0. The van der Waals surface area contributed by atoms with Gasteiger partial charge in [-0.2, -0.15) is 0 Å². The highest BCUT2D eigenvalue weighted by atomic mass is 32.2. The zero-order chi connectivity index (χ0) is 19.3. The third-order valence-corrected chi connectivity index (χ3v) is 4.76. The van der Waals surface area contributed by atoms with Crippen molar-refractivity contribution in [3.63, 3.8) is 0 Å². The fourth-order valence-electron chi connectivity index (χ4n) is 2.93. The third kappa shape index (κ3) is 6.01. The summed E-state index contributed by atoms with van der Waals surface area (Å²) in [6, 6.07) is 6.37. The lowest BCUT2D eigenvalue weighted by molar-refractivity contribution is -0.131. The van der Waals surface area contributed by atoms with Crippen LogP contribution in [0, 0.1) is 5.92 Å². The van der Waals surface area contributed by atoms with E-state index in [1.807, 2.05) is 18.7 Å². The molecule has 0 unspecified atom stereocenters. The SMILES string of the molecule is CC(C)CC(=O)N1CCCN(C(=O)c2ccc(NS(C)(=O)=O)cc2)CC1. The number of sulfonamides is 1. The van der Waals surface area contributed by atoms with Crippen LogP contribution < -0.4 is 4.72 Å². The predicted molar refractivity (Wildman–Crippen MR) is 101 cm³/mol. The summed E-state index contributed by atoms with van der Waals surface area (Å²) < 4.78 is 24.9. The van der Waals surface area contributed by atoms with E-state index in [1.165, 1.54) is 0 Å². The second-order valence-corrected chi connectivity index (χ2v) is 8.82. The summed E-state index contributed by atoms with van der Waals surface area (Å²) in [5, 5.41) is 0. The Hall–Kier alpha value is -2.09. The van der Waals surface area contributed by atoms with Crippen molar-refractivity contribution in [3.05, 3.63) is 29.8 Å². The molecule has 0 bridgehead atoms. The summed E-state index contributed by atoms with van der Waals surface area (Å²) in [7, 11) is -3.34. The molecule has 26 heavy (non-hydrogen) atoms. The van der Waals surface area contributed by atoms with Crippen molar-refractivity contribution in [2.24, 2.45) is 5.92 Å². The highest BCUT2D eigenvalue weighted by Crippen LogP contribution is 2.15. The lowest BCUT2D eigenvalue weighted by Crippen LogP contribution is -2.37. The lowest BCUT2D eigenvalue weighted by atomic mass is 10.1. The molecule has 1 aliphatic rings. The monoisotopic (exact) mass is 381 g/mol. The minimum absolute atomic E-state index is 0.103. The van der Waals surface area contributed by atoms with Crippen LogP contribution >= 0.6 is 0 Å². The molecule has 0 radical (unpaired) electrons. The van der Waals surface area contributed by atoms with Crippen molar-refractivity contribution >= 4 is 27.5 Å². The minimum atomic E-state index is -3.34. The second-order valence-electron chi connectivity index (χ2n) is 7.08. The summed E-state index contributed by atoms with van der Waals surface area (Å²) in [6.45, 7) is 6.37. The van der Waals surface area contributed by atoms with Gasteiger partial charge in [0.05, 0.1) is 6.26 Å². The molecule has 144 valence electrons. The Bertz CT molecular complexity index is 744. The van der Waals surface area contributed by atoms with Crippen LogP contribution in [-0.4, -0.2) is 62.5 Å². The van der Waals surface area contributed by atoms with Gasteiger partial charge < -0.3 is 9.80 Å². The average Bonchev–Trinajstić information content (AvgIpc) is 2.79. The van der Waals surface area contributed by atoms with Gasteiger partial charge in [0.25, 0.3) is 5.91 Å². The van der Waals surface area contributed by atoms with E-state index < -0.39 is 10.0 Å². The number of hydrogen-bond acceptors (Lipinski definition) is 4. The molecule has 2 rings (SSSR count). The Morgan fingerprint density at radius 2 is 1.62 bits per heavy atom. The van der Waals surface area contributed by atoms with Gasteiger partial charge in [-0.25, -0.2) is 8.42 Å². The normalized spacial score (nSPS) is 15.7. The van der Waals surface area contributed by atoms with Crippen LogP contribution in [0.5, 0.6) is 0 Å². The molecule has 7 nitrogen and oxygen atoms in total. The first-order valence-corrected chi connectivity index (χ1v) is 10.7. The van der Waals surface area contributed by atoms with E-state index >= 15 is 0 Å². The maximum atomic E-state index is 12.7. The predicted octanol–water partition coefficient (Wildman–Crippen LogP) is 1.78. The maximum absolute atomic E-state index is 12.7. The molecule has 1 fully saturated rings. The number of hydrogen-bond donors (Lipinski definition) is 1. The quantitative estimate of drug-likeness (QED) is 0.842. The van der Waals surface area contributed by atoms with Crippen molar-refractivity contribution in [1.29, 1.82) is 0 Å². The zero-order valence-corrected chi connectivity index (χ0v) is 16.4. The molecule has 1 N–H and O–H groups in total. The average molecular weight is 381 g/mol.